The first-order valence-electron chi connectivity index (χ1n) is 3.78. The van der Waals surface area contributed by atoms with E-state index in [4.69, 9.17) is 10.8 Å². The summed E-state index contributed by atoms with van der Waals surface area (Å²) >= 11 is 0. The van der Waals surface area contributed by atoms with Gasteiger partial charge in [-0.2, -0.15) is 0 Å². The molecule has 0 heterocycles. The van der Waals surface area contributed by atoms with Gasteiger partial charge in [-0.3, -0.25) is 4.79 Å². The Labute approximate surface area is 80.7 Å². The average molecular weight is 216 g/mol. The van der Waals surface area contributed by atoms with Gasteiger partial charge in [0.05, 0.1) is 0 Å². The van der Waals surface area contributed by atoms with E-state index in [0.717, 1.165) is 0 Å². The zero-order valence-electron chi connectivity index (χ0n) is 6.87. The molecule has 3 N–H and O–H groups in total. The van der Waals surface area contributed by atoms with Crippen molar-refractivity contribution >= 4 is 18.4 Å². The van der Waals surface area contributed by atoms with Crippen LogP contribution >= 0.6 is 12.4 Å². The molecule has 2 unspecified atom stereocenters. The van der Waals surface area contributed by atoms with Gasteiger partial charge in [0.15, 0.2) is 0 Å². The molecule has 0 saturated heterocycles. The van der Waals surface area contributed by atoms with Crippen LogP contribution in [-0.4, -0.2) is 23.0 Å². The molecule has 1 saturated carbocycles. The lowest BCUT2D eigenvalue weighted by molar-refractivity contribution is -0.140. The first-order chi connectivity index (χ1) is 5.42. The fourth-order valence-electron chi connectivity index (χ4n) is 1.49. The van der Waals surface area contributed by atoms with Gasteiger partial charge in [-0.25, -0.2) is 8.78 Å². The van der Waals surface area contributed by atoms with Gasteiger partial charge < -0.3 is 10.8 Å². The minimum Gasteiger partial charge on any atom is -0.480 e. The highest BCUT2D eigenvalue weighted by Gasteiger charge is 2.43. The van der Waals surface area contributed by atoms with Gasteiger partial charge in [-0.1, -0.05) is 0 Å². The van der Waals surface area contributed by atoms with Crippen molar-refractivity contribution in [3.63, 3.8) is 0 Å². The van der Waals surface area contributed by atoms with Gasteiger partial charge in [-0.05, 0) is 12.3 Å². The highest BCUT2D eigenvalue weighted by molar-refractivity contribution is 5.85. The number of nitrogens with two attached hydrogens (primary N) is 1. The number of alkyl halides is 2. The molecule has 3 nitrogen and oxygen atoms in total. The molecule has 0 spiro atoms. The summed E-state index contributed by atoms with van der Waals surface area (Å²) in [6.45, 7) is 0. The van der Waals surface area contributed by atoms with Gasteiger partial charge in [-0.15, -0.1) is 12.4 Å². The van der Waals surface area contributed by atoms with Crippen molar-refractivity contribution in [2.75, 3.05) is 0 Å². The third kappa shape index (κ3) is 3.08. The molecule has 0 aromatic rings. The molecule has 1 rings (SSSR count). The van der Waals surface area contributed by atoms with E-state index in [0.29, 0.717) is 0 Å². The molecule has 0 amide bonds. The molecular formula is C7H12ClF2NO2. The highest BCUT2D eigenvalue weighted by atomic mass is 35.5. The minimum atomic E-state index is -2.71. The second-order valence-corrected chi connectivity index (χ2v) is 3.22. The number of carbonyl (C=O) groups is 1. The summed E-state index contributed by atoms with van der Waals surface area (Å²) in [5, 5.41) is 8.44. The molecule has 1 aliphatic carbocycles. The Bertz CT molecular complexity index is 201. The topological polar surface area (TPSA) is 63.3 Å². The fourth-order valence-corrected chi connectivity index (χ4v) is 1.49. The molecule has 6 heteroatoms. The van der Waals surface area contributed by atoms with E-state index in [2.05, 4.69) is 0 Å². The molecule has 2 atom stereocenters. The molecular weight excluding hydrogens is 204 g/mol. The largest absolute Gasteiger partial charge is 0.480 e. The molecule has 1 fully saturated rings. The molecule has 1 aliphatic rings. The maximum atomic E-state index is 12.6. The molecule has 13 heavy (non-hydrogen) atoms. The lowest BCUT2D eigenvalue weighted by atomic mass is 9.99. The number of hydrogen-bond acceptors (Lipinski definition) is 2. The van der Waals surface area contributed by atoms with E-state index >= 15 is 0 Å². The van der Waals surface area contributed by atoms with Crippen LogP contribution in [0.2, 0.25) is 0 Å². The van der Waals surface area contributed by atoms with Gasteiger partial charge in [0.25, 0.3) is 0 Å². The SMILES string of the molecule is Cl.NC(C(=O)O)C1CCC(F)(F)C1. The van der Waals surface area contributed by atoms with Crippen molar-refractivity contribution in [1.29, 1.82) is 0 Å². The van der Waals surface area contributed by atoms with Gasteiger partial charge >= 0.3 is 5.97 Å². The molecule has 0 aliphatic heterocycles. The predicted octanol–water partition coefficient (Wildman–Crippen LogP) is 1.26. The summed E-state index contributed by atoms with van der Waals surface area (Å²) in [5.41, 5.74) is 5.21. The van der Waals surface area contributed by atoms with E-state index < -0.39 is 23.9 Å². The first-order valence-corrected chi connectivity index (χ1v) is 3.78. The van der Waals surface area contributed by atoms with Crippen LogP contribution in [0.4, 0.5) is 8.78 Å². The monoisotopic (exact) mass is 215 g/mol. The highest BCUT2D eigenvalue weighted by Crippen LogP contribution is 2.39. The van der Waals surface area contributed by atoms with Crippen molar-refractivity contribution in [2.45, 2.75) is 31.2 Å². The maximum absolute atomic E-state index is 12.6. The minimum absolute atomic E-state index is 0. The standard InChI is InChI=1S/C7H11F2NO2.ClH/c8-7(9)2-1-4(3-7)5(10)6(11)12;/h4-5H,1-3,10H2,(H,11,12);1H. The van der Waals surface area contributed by atoms with Gasteiger partial charge in [0, 0.05) is 12.8 Å². The third-order valence-corrected chi connectivity index (χ3v) is 2.23. The number of carboxylic acid groups (broad SMARTS) is 1. The van der Waals surface area contributed by atoms with Crippen LogP contribution in [0.25, 0.3) is 0 Å². The molecule has 0 radical (unpaired) electrons. The number of halogens is 3. The second-order valence-electron chi connectivity index (χ2n) is 3.22. The van der Waals surface area contributed by atoms with Crippen LogP contribution in [-0.2, 0) is 4.79 Å². The van der Waals surface area contributed by atoms with E-state index in [1.807, 2.05) is 0 Å². The summed E-state index contributed by atoms with van der Waals surface area (Å²) in [6.07, 6.45) is -0.417. The number of carboxylic acids is 1. The summed E-state index contributed by atoms with van der Waals surface area (Å²) < 4.78 is 25.1. The molecule has 0 aromatic carbocycles. The zero-order chi connectivity index (χ0) is 9.35. The average Bonchev–Trinajstić information content (AvgIpc) is 2.28. The van der Waals surface area contributed by atoms with Crippen molar-refractivity contribution in [3.05, 3.63) is 0 Å². The Balaban J connectivity index is 0.00000144. The van der Waals surface area contributed by atoms with Crippen LogP contribution in [0.5, 0.6) is 0 Å². The van der Waals surface area contributed by atoms with Crippen molar-refractivity contribution in [1.82, 2.24) is 0 Å². The number of hydrogen-bond donors (Lipinski definition) is 2. The Kier molecular flexibility index (Phi) is 4.06. The van der Waals surface area contributed by atoms with Crippen LogP contribution < -0.4 is 5.73 Å². The van der Waals surface area contributed by atoms with E-state index in [1.165, 1.54) is 0 Å². The van der Waals surface area contributed by atoms with E-state index in [1.54, 1.807) is 0 Å². The predicted molar refractivity (Wildman–Crippen MR) is 45.1 cm³/mol. The fraction of sp³-hybridized carbons (Fsp3) is 0.857. The summed E-state index contributed by atoms with van der Waals surface area (Å²) in [5.74, 6) is -4.48. The number of rotatable bonds is 2. The van der Waals surface area contributed by atoms with Crippen molar-refractivity contribution in [3.8, 4) is 0 Å². The van der Waals surface area contributed by atoms with Crippen LogP contribution in [0, 0.1) is 5.92 Å². The third-order valence-electron chi connectivity index (χ3n) is 2.23. The van der Waals surface area contributed by atoms with Crippen LogP contribution in [0.3, 0.4) is 0 Å². The first kappa shape index (κ1) is 12.6. The lowest BCUT2D eigenvalue weighted by Crippen LogP contribution is -2.37. The quantitative estimate of drug-likeness (QED) is 0.729. The van der Waals surface area contributed by atoms with E-state index in [9.17, 15) is 13.6 Å². The summed E-state index contributed by atoms with van der Waals surface area (Å²) in [4.78, 5) is 10.3. The Morgan fingerprint density at radius 3 is 2.46 bits per heavy atom. The smallest absolute Gasteiger partial charge is 0.320 e. The Morgan fingerprint density at radius 1 is 1.62 bits per heavy atom. The van der Waals surface area contributed by atoms with E-state index in [-0.39, 0.29) is 31.7 Å². The van der Waals surface area contributed by atoms with Crippen molar-refractivity contribution in [2.24, 2.45) is 11.7 Å². The molecule has 78 valence electrons. The molecule has 0 bridgehead atoms. The van der Waals surface area contributed by atoms with Crippen molar-refractivity contribution < 1.29 is 18.7 Å². The summed E-state index contributed by atoms with van der Waals surface area (Å²) in [6, 6.07) is -1.14. The number of aliphatic carboxylic acids is 1. The normalized spacial score (nSPS) is 27.8. The summed E-state index contributed by atoms with van der Waals surface area (Å²) in [7, 11) is 0. The van der Waals surface area contributed by atoms with Crippen LogP contribution in [0.15, 0.2) is 0 Å². The Hall–Kier alpha value is -0.420. The molecule has 0 aromatic heterocycles. The van der Waals surface area contributed by atoms with Gasteiger partial charge in [0.1, 0.15) is 6.04 Å². The van der Waals surface area contributed by atoms with Gasteiger partial charge in [0.2, 0.25) is 5.92 Å². The zero-order valence-corrected chi connectivity index (χ0v) is 7.69. The Morgan fingerprint density at radius 2 is 2.15 bits per heavy atom. The second kappa shape index (κ2) is 4.19. The maximum Gasteiger partial charge on any atom is 0.320 e. The lowest BCUT2D eigenvalue weighted by Gasteiger charge is -2.14. The van der Waals surface area contributed by atoms with Crippen LogP contribution in [0.1, 0.15) is 19.3 Å².